The molecule has 0 unspecified atom stereocenters. The number of benzene rings is 2. The second kappa shape index (κ2) is 11.5. The number of alkyl halides is 3. The Morgan fingerprint density at radius 1 is 1.05 bits per heavy atom. The molecule has 2 aromatic carbocycles. The van der Waals surface area contributed by atoms with Gasteiger partial charge in [0.05, 0.1) is 11.6 Å². The lowest BCUT2D eigenvalue weighted by Gasteiger charge is -2.25. The van der Waals surface area contributed by atoms with Crippen LogP contribution in [0.25, 0.3) is 16.8 Å². The van der Waals surface area contributed by atoms with Crippen LogP contribution in [-0.2, 0) is 6.18 Å². The maximum absolute atomic E-state index is 13.0. The van der Waals surface area contributed by atoms with Crippen molar-refractivity contribution < 1.29 is 22.8 Å². The van der Waals surface area contributed by atoms with Gasteiger partial charge in [-0.15, -0.1) is 0 Å². The number of likely N-dealkylation sites (tertiary alicyclic amines) is 1. The van der Waals surface area contributed by atoms with Gasteiger partial charge in [0.2, 0.25) is 0 Å². The van der Waals surface area contributed by atoms with Crippen LogP contribution in [-0.4, -0.2) is 44.4 Å². The normalized spacial score (nSPS) is 15.5. The van der Waals surface area contributed by atoms with Gasteiger partial charge >= 0.3 is 6.18 Å². The third-order valence-corrected chi connectivity index (χ3v) is 7.16. The fourth-order valence-corrected chi connectivity index (χ4v) is 5.08. The molecular weight excluding hydrogens is 547 g/mol. The summed E-state index contributed by atoms with van der Waals surface area (Å²) in [5, 5.41) is 2.37. The number of imidazole rings is 1. The van der Waals surface area contributed by atoms with Crippen molar-refractivity contribution in [2.24, 2.45) is 5.73 Å². The van der Waals surface area contributed by atoms with Crippen molar-refractivity contribution >= 4 is 23.2 Å². The molecule has 2 aromatic heterocycles. The Morgan fingerprint density at radius 2 is 1.76 bits per heavy atom. The lowest BCUT2D eigenvalue weighted by Crippen LogP contribution is -2.30. The summed E-state index contributed by atoms with van der Waals surface area (Å²) in [6, 6.07) is 17.3. The van der Waals surface area contributed by atoms with E-state index < -0.39 is 23.6 Å². The molecule has 1 fully saturated rings. The highest BCUT2D eigenvalue weighted by molar-refractivity contribution is 6.04. The van der Waals surface area contributed by atoms with Crippen LogP contribution in [0.3, 0.4) is 0 Å². The fraction of sp³-hybridized carbons (Fsp3) is 0.200. The molecule has 12 heteroatoms. The summed E-state index contributed by atoms with van der Waals surface area (Å²) in [5.41, 5.74) is 7.68. The molecule has 1 atom stereocenters. The summed E-state index contributed by atoms with van der Waals surface area (Å²) < 4.78 is 40.2. The van der Waals surface area contributed by atoms with E-state index in [0.29, 0.717) is 17.9 Å². The van der Waals surface area contributed by atoms with E-state index in [0.717, 1.165) is 48.9 Å². The molecule has 0 bridgehead atoms. The van der Waals surface area contributed by atoms with Gasteiger partial charge in [0.15, 0.2) is 5.69 Å². The van der Waals surface area contributed by atoms with Gasteiger partial charge in [-0.25, -0.2) is 14.6 Å². The quantitative estimate of drug-likeness (QED) is 0.257. The van der Waals surface area contributed by atoms with E-state index in [4.69, 9.17) is 16.6 Å². The van der Waals surface area contributed by atoms with Gasteiger partial charge in [0.1, 0.15) is 17.3 Å². The number of carbonyl (C=O) groups excluding carboxylic acids is 2. The molecule has 5 N–H and O–H groups in total. The highest BCUT2D eigenvalue weighted by Gasteiger charge is 2.33. The zero-order valence-corrected chi connectivity index (χ0v) is 22.4. The molecule has 42 heavy (non-hydrogen) atoms. The van der Waals surface area contributed by atoms with Crippen molar-refractivity contribution in [1.82, 2.24) is 19.5 Å². The zero-order valence-electron chi connectivity index (χ0n) is 22.4. The van der Waals surface area contributed by atoms with E-state index in [9.17, 15) is 22.8 Å². The minimum atomic E-state index is -4.57. The summed E-state index contributed by atoms with van der Waals surface area (Å²) >= 11 is 0. The maximum Gasteiger partial charge on any atom is 0.416 e. The molecule has 2 amide bonds. The molecule has 4 aromatic rings. The number of hydrogen-bond acceptors (Lipinski definition) is 6. The van der Waals surface area contributed by atoms with E-state index >= 15 is 0 Å². The summed E-state index contributed by atoms with van der Waals surface area (Å²) in [4.78, 5) is 35.9. The van der Waals surface area contributed by atoms with E-state index in [1.165, 1.54) is 16.8 Å². The van der Waals surface area contributed by atoms with Crippen molar-refractivity contribution in [1.29, 1.82) is 0 Å². The van der Waals surface area contributed by atoms with Crippen molar-refractivity contribution in [2.75, 3.05) is 24.2 Å². The molecule has 1 aliphatic heterocycles. The third kappa shape index (κ3) is 5.88. The van der Waals surface area contributed by atoms with Crippen LogP contribution < -0.4 is 16.9 Å². The minimum absolute atomic E-state index is 0.0177. The minimum Gasteiger partial charge on any atom is -0.364 e. The number of halogens is 3. The molecule has 5 rings (SSSR count). The lowest BCUT2D eigenvalue weighted by atomic mass is 10.1. The van der Waals surface area contributed by atoms with Crippen LogP contribution in [0.2, 0.25) is 0 Å². The molecule has 1 aliphatic rings. The number of hydrogen-bond donors (Lipinski definition) is 3. The number of aromatic nitrogens is 3. The molecule has 0 aliphatic carbocycles. The fourth-order valence-electron chi connectivity index (χ4n) is 5.08. The van der Waals surface area contributed by atoms with Gasteiger partial charge < -0.3 is 16.9 Å². The van der Waals surface area contributed by atoms with Crippen molar-refractivity contribution in [3.05, 3.63) is 108 Å². The third-order valence-electron chi connectivity index (χ3n) is 7.16. The first-order valence-electron chi connectivity index (χ1n) is 13.1. The zero-order chi connectivity index (χ0) is 30.0. The molecule has 3 heterocycles. The predicted octanol–water partition coefficient (Wildman–Crippen LogP) is 4.88. The Hall–Kier alpha value is -4.97. The molecule has 1 saturated heterocycles. The van der Waals surface area contributed by atoms with Crippen molar-refractivity contribution in [3.8, 4) is 11.3 Å². The van der Waals surface area contributed by atoms with Crippen molar-refractivity contribution in [3.63, 3.8) is 0 Å². The Morgan fingerprint density at radius 3 is 2.43 bits per heavy atom. The molecule has 216 valence electrons. The number of carbonyl (C=O) groups is 2. The van der Waals surface area contributed by atoms with Crippen LogP contribution in [0.4, 0.5) is 19.0 Å². The van der Waals surface area contributed by atoms with E-state index in [1.807, 2.05) is 30.3 Å². The summed E-state index contributed by atoms with van der Waals surface area (Å²) in [7, 11) is 0. The van der Waals surface area contributed by atoms with Crippen LogP contribution >= 0.6 is 0 Å². The number of nitrogens with one attached hydrogen (secondary N) is 1. The summed E-state index contributed by atoms with van der Waals surface area (Å²) in [6.07, 6.45) is -1.92. The Labute approximate surface area is 239 Å². The molecule has 9 nitrogen and oxygen atoms in total. The number of pyridine rings is 1. The number of nitrogen functional groups attached to an aromatic ring is 1. The van der Waals surface area contributed by atoms with Crippen molar-refractivity contribution in [2.45, 2.75) is 25.1 Å². The Balaban J connectivity index is 1.38. The number of nitrogens with two attached hydrogens (primary N) is 2. The number of anilines is 1. The van der Waals surface area contributed by atoms with E-state index in [1.54, 1.807) is 12.1 Å². The first-order valence-corrected chi connectivity index (χ1v) is 13.1. The van der Waals surface area contributed by atoms with Gasteiger partial charge in [-0.3, -0.25) is 14.5 Å². The smallest absolute Gasteiger partial charge is 0.364 e. The molecule has 0 spiro atoms. The number of amides is 2. The summed E-state index contributed by atoms with van der Waals surface area (Å²) in [6.45, 7) is 5.63. The highest BCUT2D eigenvalue weighted by Crippen LogP contribution is 2.35. The monoisotopic (exact) mass is 575 g/mol. The van der Waals surface area contributed by atoms with E-state index in [2.05, 4.69) is 21.8 Å². The van der Waals surface area contributed by atoms with E-state index in [-0.39, 0.29) is 28.8 Å². The number of primary amides is 1. The van der Waals surface area contributed by atoms with Gasteiger partial charge in [-0.1, -0.05) is 49.0 Å². The average molecular weight is 576 g/mol. The second-order valence-electron chi connectivity index (χ2n) is 9.96. The number of nitrogens with zero attached hydrogens (tertiary/aromatic N) is 4. The van der Waals surface area contributed by atoms with Gasteiger partial charge in [0, 0.05) is 23.9 Å². The average Bonchev–Trinajstić information content (AvgIpc) is 3.56. The van der Waals surface area contributed by atoms with Gasteiger partial charge in [0.25, 0.3) is 11.8 Å². The first kappa shape index (κ1) is 28.6. The van der Waals surface area contributed by atoms with Gasteiger partial charge in [-0.05, 0) is 54.8 Å². The Bertz CT molecular complexity index is 1630. The second-order valence-corrected chi connectivity index (χ2v) is 9.96. The highest BCUT2D eigenvalue weighted by atomic mass is 19.4. The topological polar surface area (TPSA) is 132 Å². The molecule has 0 saturated carbocycles. The first-order chi connectivity index (χ1) is 20.0. The molecule has 0 radical (unpaired) electrons. The summed E-state index contributed by atoms with van der Waals surface area (Å²) in [5.74, 6) is 5.21. The lowest BCUT2D eigenvalue weighted by molar-refractivity contribution is -0.137. The van der Waals surface area contributed by atoms with Gasteiger partial charge in [-0.2, -0.15) is 13.2 Å². The number of rotatable bonds is 8. The predicted molar refractivity (Wildman–Crippen MR) is 153 cm³/mol. The standard InChI is InChI=1S/C30H28F3N7O2/c1-18(19-6-3-2-4-7-19)17-39-15-5-8-23(39)28-38-25(26(27(34)41)40(28)35)20-9-11-21(12-10-20)29(42)37-24-16-22(13-14-36-24)30(31,32)33/h2-4,6-7,9-14,16,23H,1,5,8,15,17,35H2,(H2,34,41)(H,36,37,42)/t23-/m0/s1. The maximum atomic E-state index is 13.0. The van der Waals surface area contributed by atoms with Crippen LogP contribution in [0.15, 0.2) is 79.5 Å². The molecular formula is C30H28F3N7O2. The SMILES string of the molecule is C=C(CN1CCC[C@H]1c1nc(-c2ccc(C(=O)Nc3cc(C(F)(F)F)ccn3)cc2)c(C(N)=O)n1N)c1ccccc1. The Kier molecular flexibility index (Phi) is 7.81. The van der Waals surface area contributed by atoms with Crippen LogP contribution in [0.1, 0.15) is 56.7 Å². The van der Waals surface area contributed by atoms with Crippen LogP contribution in [0, 0.1) is 0 Å². The largest absolute Gasteiger partial charge is 0.416 e. The van der Waals surface area contributed by atoms with Crippen LogP contribution in [0.5, 0.6) is 0 Å².